The molecule has 2 heteroatoms. The van der Waals surface area contributed by atoms with Gasteiger partial charge in [-0.1, -0.05) is 27.7 Å². The van der Waals surface area contributed by atoms with Crippen molar-refractivity contribution in [2.75, 3.05) is 0 Å². The van der Waals surface area contributed by atoms with Crippen molar-refractivity contribution < 1.29 is 5.11 Å². The number of hydrogen-bond acceptors (Lipinski definition) is 2. The second-order valence-corrected chi connectivity index (χ2v) is 4.82. The molecule has 0 aliphatic carbocycles. The fourth-order valence-corrected chi connectivity index (χ4v) is 2.17. The molecule has 0 saturated carbocycles. The smallest absolute Gasteiger partial charge is 0.130 e. The van der Waals surface area contributed by atoms with E-state index in [1.54, 1.807) is 11.3 Å². The molecule has 0 radical (unpaired) electrons. The fourth-order valence-electron chi connectivity index (χ4n) is 1.11. The number of hydrogen-bond donors (Lipinski definition) is 1. The van der Waals surface area contributed by atoms with Crippen LogP contribution < -0.4 is 0 Å². The van der Waals surface area contributed by atoms with E-state index in [9.17, 15) is 5.11 Å². The van der Waals surface area contributed by atoms with Crippen LogP contribution in [0.3, 0.4) is 0 Å². The average Bonchev–Trinajstić information content (AvgIpc) is 2.30. The fraction of sp³-hybridized carbons (Fsp3) is 0.600. The van der Waals surface area contributed by atoms with Gasteiger partial charge in [0.2, 0.25) is 0 Å². The van der Waals surface area contributed by atoms with Crippen molar-refractivity contribution in [1.82, 2.24) is 0 Å². The largest absolute Gasteiger partial charge is 0.507 e. The topological polar surface area (TPSA) is 20.2 Å². The highest BCUT2D eigenvalue weighted by Gasteiger charge is 2.12. The molecule has 1 heterocycles. The molecule has 1 nitrogen and oxygen atoms in total. The van der Waals surface area contributed by atoms with Crippen molar-refractivity contribution in [3.8, 4) is 5.75 Å². The van der Waals surface area contributed by atoms with Crippen molar-refractivity contribution in [3.05, 3.63) is 15.8 Å². The lowest BCUT2D eigenvalue weighted by Crippen LogP contribution is -1.80. The summed E-state index contributed by atoms with van der Waals surface area (Å²) in [4.78, 5) is 2.38. The number of aromatic hydroxyl groups is 1. The van der Waals surface area contributed by atoms with Gasteiger partial charge in [-0.25, -0.2) is 0 Å². The molecule has 0 aliphatic heterocycles. The third kappa shape index (κ3) is 1.81. The van der Waals surface area contributed by atoms with E-state index in [4.69, 9.17) is 0 Å². The molecule has 1 N–H and O–H groups in total. The first kappa shape index (κ1) is 9.59. The summed E-state index contributed by atoms with van der Waals surface area (Å²) >= 11 is 1.73. The van der Waals surface area contributed by atoms with Crippen molar-refractivity contribution in [1.29, 1.82) is 0 Å². The zero-order chi connectivity index (χ0) is 9.30. The van der Waals surface area contributed by atoms with Crippen LogP contribution >= 0.6 is 11.3 Å². The Morgan fingerprint density at radius 3 is 2.00 bits per heavy atom. The highest BCUT2D eigenvalue weighted by atomic mass is 32.1. The Bertz CT molecular complexity index is 261. The SMILES string of the molecule is CC(C)c1cc(O)c(C(C)C)s1. The molecule has 0 aliphatic rings. The Morgan fingerprint density at radius 2 is 1.75 bits per heavy atom. The lowest BCUT2D eigenvalue weighted by molar-refractivity contribution is 0.468. The molecule has 12 heavy (non-hydrogen) atoms. The number of thiophene rings is 1. The van der Waals surface area contributed by atoms with Gasteiger partial charge < -0.3 is 5.11 Å². The molecule has 0 fully saturated rings. The van der Waals surface area contributed by atoms with Crippen LogP contribution in [0.5, 0.6) is 5.75 Å². The maximum atomic E-state index is 9.56. The minimum Gasteiger partial charge on any atom is -0.507 e. The van der Waals surface area contributed by atoms with E-state index in [1.165, 1.54) is 4.88 Å². The molecular weight excluding hydrogens is 168 g/mol. The molecule has 0 bridgehead atoms. The molecular formula is C10H16OS. The first-order valence-corrected chi connectivity index (χ1v) is 5.16. The maximum Gasteiger partial charge on any atom is 0.130 e. The summed E-state index contributed by atoms with van der Waals surface area (Å²) in [6.45, 7) is 8.51. The Hall–Kier alpha value is -0.500. The molecule has 0 saturated heterocycles. The van der Waals surface area contributed by atoms with Gasteiger partial charge in [-0.15, -0.1) is 11.3 Å². The first-order valence-electron chi connectivity index (χ1n) is 4.35. The van der Waals surface area contributed by atoms with Crippen molar-refractivity contribution in [2.24, 2.45) is 0 Å². The van der Waals surface area contributed by atoms with E-state index >= 15 is 0 Å². The minimum atomic E-state index is 0.433. The van der Waals surface area contributed by atoms with E-state index in [0.29, 0.717) is 17.6 Å². The summed E-state index contributed by atoms with van der Waals surface area (Å²) in [7, 11) is 0. The van der Waals surface area contributed by atoms with Crippen molar-refractivity contribution in [3.63, 3.8) is 0 Å². The van der Waals surface area contributed by atoms with Crippen LogP contribution in [-0.2, 0) is 0 Å². The van der Waals surface area contributed by atoms with E-state index in [-0.39, 0.29) is 0 Å². The van der Waals surface area contributed by atoms with Crippen LogP contribution in [-0.4, -0.2) is 5.11 Å². The summed E-state index contributed by atoms with van der Waals surface area (Å²) in [5.74, 6) is 1.43. The molecule has 0 amide bonds. The summed E-state index contributed by atoms with van der Waals surface area (Å²) < 4.78 is 0. The lowest BCUT2D eigenvalue weighted by atomic mass is 10.1. The van der Waals surface area contributed by atoms with Crippen LogP contribution in [0.4, 0.5) is 0 Å². The normalized spacial score (nSPS) is 11.5. The summed E-state index contributed by atoms with van der Waals surface area (Å²) in [5.41, 5.74) is 0. The summed E-state index contributed by atoms with van der Waals surface area (Å²) in [6.07, 6.45) is 0. The quantitative estimate of drug-likeness (QED) is 0.743. The second-order valence-electron chi connectivity index (χ2n) is 3.71. The standard InChI is InChI=1S/C10H16OS/c1-6(2)9-5-8(11)10(12-9)7(3)4/h5-7,11H,1-4H3. The van der Waals surface area contributed by atoms with Crippen LogP contribution in [0.15, 0.2) is 6.07 Å². The second kappa shape index (κ2) is 3.48. The summed E-state index contributed by atoms with van der Waals surface area (Å²) in [5, 5.41) is 9.56. The predicted molar refractivity (Wildman–Crippen MR) is 54.2 cm³/mol. The van der Waals surface area contributed by atoms with Crippen LogP contribution in [0, 0.1) is 0 Å². The van der Waals surface area contributed by atoms with Crippen LogP contribution in [0.25, 0.3) is 0 Å². The number of rotatable bonds is 2. The van der Waals surface area contributed by atoms with E-state index in [2.05, 4.69) is 27.7 Å². The molecule has 0 aromatic carbocycles. The summed E-state index contributed by atoms with van der Waals surface area (Å²) in [6, 6.07) is 1.89. The Labute approximate surface area is 78.1 Å². The van der Waals surface area contributed by atoms with Crippen LogP contribution in [0.1, 0.15) is 49.3 Å². The van der Waals surface area contributed by atoms with E-state index in [1.807, 2.05) is 6.07 Å². The van der Waals surface area contributed by atoms with Crippen molar-refractivity contribution in [2.45, 2.75) is 39.5 Å². The molecule has 0 atom stereocenters. The molecule has 68 valence electrons. The van der Waals surface area contributed by atoms with Gasteiger partial charge in [0, 0.05) is 9.75 Å². The molecule has 0 spiro atoms. The lowest BCUT2D eigenvalue weighted by Gasteiger charge is -2.00. The molecule has 1 aromatic heterocycles. The van der Waals surface area contributed by atoms with Gasteiger partial charge >= 0.3 is 0 Å². The van der Waals surface area contributed by atoms with E-state index in [0.717, 1.165) is 4.88 Å². The monoisotopic (exact) mass is 184 g/mol. The van der Waals surface area contributed by atoms with Gasteiger partial charge in [-0.3, -0.25) is 0 Å². The van der Waals surface area contributed by atoms with Crippen molar-refractivity contribution >= 4 is 11.3 Å². The molecule has 1 rings (SSSR count). The molecule has 1 aromatic rings. The van der Waals surface area contributed by atoms with Gasteiger partial charge in [-0.2, -0.15) is 0 Å². The highest BCUT2D eigenvalue weighted by molar-refractivity contribution is 7.12. The first-order chi connectivity index (χ1) is 5.52. The van der Waals surface area contributed by atoms with Gasteiger partial charge in [-0.05, 0) is 17.9 Å². The predicted octanol–water partition coefficient (Wildman–Crippen LogP) is 3.70. The average molecular weight is 184 g/mol. The Kier molecular flexibility index (Phi) is 2.78. The third-order valence-electron chi connectivity index (χ3n) is 1.85. The minimum absolute atomic E-state index is 0.433. The van der Waals surface area contributed by atoms with E-state index < -0.39 is 0 Å². The molecule has 0 unspecified atom stereocenters. The third-order valence-corrected chi connectivity index (χ3v) is 3.58. The van der Waals surface area contributed by atoms with Gasteiger partial charge in [0.05, 0.1) is 0 Å². The Balaban J connectivity index is 3.00. The Morgan fingerprint density at radius 1 is 1.17 bits per heavy atom. The zero-order valence-electron chi connectivity index (χ0n) is 8.09. The maximum absolute atomic E-state index is 9.56. The van der Waals surface area contributed by atoms with Gasteiger partial charge in [0.15, 0.2) is 0 Å². The van der Waals surface area contributed by atoms with Gasteiger partial charge in [0.25, 0.3) is 0 Å². The zero-order valence-corrected chi connectivity index (χ0v) is 8.90. The van der Waals surface area contributed by atoms with Gasteiger partial charge in [0.1, 0.15) is 5.75 Å². The van der Waals surface area contributed by atoms with Crippen LogP contribution in [0.2, 0.25) is 0 Å². The highest BCUT2D eigenvalue weighted by Crippen LogP contribution is 2.37.